The van der Waals surface area contributed by atoms with Crippen LogP contribution in [0.3, 0.4) is 0 Å². The Morgan fingerprint density at radius 1 is 1.29 bits per heavy atom. The number of aryl methyl sites for hydroxylation is 1. The van der Waals surface area contributed by atoms with Gasteiger partial charge in [0.25, 0.3) is 5.91 Å². The number of fused-ring (bicyclic) bond motifs is 1. The zero-order chi connectivity index (χ0) is 15.1. The van der Waals surface area contributed by atoms with Gasteiger partial charge >= 0.3 is 0 Å². The molecule has 1 aromatic heterocycles. The van der Waals surface area contributed by atoms with E-state index in [2.05, 4.69) is 16.9 Å². The topological polar surface area (TPSA) is 44.9 Å². The van der Waals surface area contributed by atoms with E-state index in [0.717, 1.165) is 22.5 Å². The largest absolute Gasteiger partial charge is 0.358 e. The molecule has 0 atom stereocenters. The van der Waals surface area contributed by atoms with E-state index in [-0.39, 0.29) is 11.7 Å². The van der Waals surface area contributed by atoms with Gasteiger partial charge in [0.2, 0.25) is 0 Å². The lowest BCUT2D eigenvalue weighted by Crippen LogP contribution is -2.03. The molecule has 0 spiro atoms. The van der Waals surface area contributed by atoms with Gasteiger partial charge in [-0.2, -0.15) is 0 Å². The van der Waals surface area contributed by atoms with Gasteiger partial charge in [0.1, 0.15) is 5.82 Å². The Morgan fingerprint density at radius 3 is 2.71 bits per heavy atom. The molecule has 3 nitrogen and oxygen atoms in total. The van der Waals surface area contributed by atoms with Gasteiger partial charge in [-0.1, -0.05) is 12.7 Å². The molecule has 1 aliphatic rings. The zero-order valence-electron chi connectivity index (χ0n) is 11.9. The van der Waals surface area contributed by atoms with Gasteiger partial charge < -0.3 is 10.3 Å². The lowest BCUT2D eigenvalue weighted by Gasteiger charge is -1.99. The van der Waals surface area contributed by atoms with Crippen molar-refractivity contribution in [3.05, 3.63) is 58.7 Å². The Balaban J connectivity index is 2.15. The molecule has 1 amide bonds. The maximum atomic E-state index is 13.4. The number of carbonyl (C=O) groups excluding carboxylic acids is 1. The number of anilines is 1. The first-order valence-corrected chi connectivity index (χ1v) is 6.66. The van der Waals surface area contributed by atoms with E-state index in [1.807, 2.05) is 13.8 Å². The minimum atomic E-state index is -0.359. The number of amides is 1. The van der Waals surface area contributed by atoms with Crippen LogP contribution in [-0.4, -0.2) is 10.9 Å². The van der Waals surface area contributed by atoms with E-state index in [9.17, 15) is 9.18 Å². The molecule has 21 heavy (non-hydrogen) atoms. The Hall–Kier alpha value is -2.62. The molecule has 0 bridgehead atoms. The Morgan fingerprint density at radius 2 is 2.05 bits per heavy atom. The maximum Gasteiger partial charge on any atom is 0.256 e. The lowest BCUT2D eigenvalue weighted by molar-refractivity contribution is -0.110. The third-order valence-electron chi connectivity index (χ3n) is 3.79. The molecular weight excluding hydrogens is 267 g/mol. The van der Waals surface area contributed by atoms with Crippen molar-refractivity contribution in [1.82, 2.24) is 4.98 Å². The summed E-state index contributed by atoms with van der Waals surface area (Å²) in [5.74, 6) is -0.579. The van der Waals surface area contributed by atoms with Gasteiger partial charge in [0.15, 0.2) is 0 Å². The molecule has 0 unspecified atom stereocenters. The molecule has 106 valence electrons. The van der Waals surface area contributed by atoms with E-state index < -0.39 is 0 Å². The number of aromatic amines is 1. The zero-order valence-corrected chi connectivity index (χ0v) is 11.9. The molecule has 1 aliphatic heterocycles. The number of aromatic nitrogens is 1. The van der Waals surface area contributed by atoms with Crippen LogP contribution in [0.2, 0.25) is 0 Å². The number of hydrogen-bond donors (Lipinski definition) is 2. The second-order valence-electron chi connectivity index (χ2n) is 5.11. The predicted octanol–water partition coefficient (Wildman–Crippen LogP) is 3.91. The summed E-state index contributed by atoms with van der Waals surface area (Å²) in [5, 5.41) is 2.74. The van der Waals surface area contributed by atoms with Gasteiger partial charge in [0, 0.05) is 22.6 Å². The number of carbonyl (C=O) groups is 1. The fourth-order valence-electron chi connectivity index (χ4n) is 2.69. The lowest BCUT2D eigenvalue weighted by atomic mass is 10.0. The predicted molar refractivity (Wildman–Crippen MR) is 83.3 cm³/mol. The van der Waals surface area contributed by atoms with Gasteiger partial charge in [-0.15, -0.1) is 0 Å². The normalized spacial score (nSPS) is 15.2. The molecule has 4 heteroatoms. The first-order valence-electron chi connectivity index (χ1n) is 6.66. The molecule has 0 saturated heterocycles. The average molecular weight is 282 g/mol. The molecule has 0 fully saturated rings. The van der Waals surface area contributed by atoms with Crippen molar-refractivity contribution >= 4 is 29.3 Å². The van der Waals surface area contributed by atoms with Crippen molar-refractivity contribution in [2.45, 2.75) is 13.8 Å². The number of halogens is 1. The molecule has 2 N–H and O–H groups in total. The van der Waals surface area contributed by atoms with Crippen LogP contribution >= 0.6 is 0 Å². The Kier molecular flexibility index (Phi) is 3.01. The van der Waals surface area contributed by atoms with Crippen molar-refractivity contribution in [3.8, 4) is 0 Å². The summed E-state index contributed by atoms with van der Waals surface area (Å²) in [6.07, 6.45) is 3.54. The van der Waals surface area contributed by atoms with Crippen LogP contribution in [0.5, 0.6) is 0 Å². The molecule has 0 saturated carbocycles. The SMILES string of the molecule is C=Cc1c(C)[nH]c(/C=C2\C(=O)Nc3ccc(F)cc32)c1C. The fourth-order valence-corrected chi connectivity index (χ4v) is 2.69. The van der Waals surface area contributed by atoms with Gasteiger partial charge in [-0.3, -0.25) is 4.79 Å². The van der Waals surface area contributed by atoms with E-state index in [0.29, 0.717) is 16.8 Å². The summed E-state index contributed by atoms with van der Waals surface area (Å²) in [4.78, 5) is 15.3. The van der Waals surface area contributed by atoms with Crippen molar-refractivity contribution in [1.29, 1.82) is 0 Å². The fraction of sp³-hybridized carbons (Fsp3) is 0.118. The molecule has 3 rings (SSSR count). The van der Waals surface area contributed by atoms with Crippen LogP contribution in [-0.2, 0) is 4.79 Å². The van der Waals surface area contributed by atoms with Crippen LogP contribution in [0.15, 0.2) is 24.8 Å². The minimum Gasteiger partial charge on any atom is -0.358 e. The Bertz CT molecular complexity index is 799. The van der Waals surface area contributed by atoms with E-state index >= 15 is 0 Å². The second-order valence-corrected chi connectivity index (χ2v) is 5.11. The summed E-state index contributed by atoms with van der Waals surface area (Å²) in [6.45, 7) is 7.71. The summed E-state index contributed by atoms with van der Waals surface area (Å²) in [5.41, 5.74) is 5.57. The molecule has 2 aromatic rings. The van der Waals surface area contributed by atoms with Crippen LogP contribution < -0.4 is 5.32 Å². The quantitative estimate of drug-likeness (QED) is 0.806. The molecular formula is C17H15FN2O. The van der Waals surface area contributed by atoms with E-state index in [4.69, 9.17) is 0 Å². The van der Waals surface area contributed by atoms with Crippen LogP contribution in [0.25, 0.3) is 17.7 Å². The summed E-state index contributed by atoms with van der Waals surface area (Å²) in [7, 11) is 0. The number of hydrogen-bond acceptors (Lipinski definition) is 1. The maximum absolute atomic E-state index is 13.4. The van der Waals surface area contributed by atoms with Crippen molar-refractivity contribution in [2.75, 3.05) is 5.32 Å². The summed E-state index contributed by atoms with van der Waals surface area (Å²) < 4.78 is 13.4. The molecule has 2 heterocycles. The third-order valence-corrected chi connectivity index (χ3v) is 3.79. The highest BCUT2D eigenvalue weighted by Gasteiger charge is 2.25. The third kappa shape index (κ3) is 2.09. The smallest absolute Gasteiger partial charge is 0.256 e. The van der Waals surface area contributed by atoms with Crippen LogP contribution in [0.1, 0.15) is 28.1 Å². The number of nitrogens with one attached hydrogen (secondary N) is 2. The highest BCUT2D eigenvalue weighted by Crippen LogP contribution is 2.34. The van der Waals surface area contributed by atoms with Gasteiger partial charge in [0.05, 0.1) is 5.57 Å². The first-order chi connectivity index (χ1) is 10.0. The van der Waals surface area contributed by atoms with Crippen LogP contribution in [0, 0.1) is 19.7 Å². The summed E-state index contributed by atoms with van der Waals surface area (Å²) in [6, 6.07) is 4.28. The number of rotatable bonds is 2. The second kappa shape index (κ2) is 4.74. The van der Waals surface area contributed by atoms with Gasteiger partial charge in [-0.25, -0.2) is 4.39 Å². The Labute approximate surface area is 122 Å². The van der Waals surface area contributed by atoms with E-state index in [1.54, 1.807) is 18.2 Å². The number of H-pyrrole nitrogens is 1. The monoisotopic (exact) mass is 282 g/mol. The first kappa shape index (κ1) is 13.4. The van der Waals surface area contributed by atoms with Gasteiger partial charge in [-0.05, 0) is 49.2 Å². The van der Waals surface area contributed by atoms with Crippen LogP contribution in [0.4, 0.5) is 10.1 Å². The summed E-state index contributed by atoms with van der Waals surface area (Å²) >= 11 is 0. The molecule has 0 radical (unpaired) electrons. The van der Waals surface area contributed by atoms with Crippen molar-refractivity contribution in [3.63, 3.8) is 0 Å². The molecule has 0 aliphatic carbocycles. The highest BCUT2D eigenvalue weighted by atomic mass is 19.1. The van der Waals surface area contributed by atoms with Crippen molar-refractivity contribution in [2.24, 2.45) is 0 Å². The molecule has 1 aromatic carbocycles. The standard InChI is InChI=1S/C17H15FN2O/c1-4-12-9(2)16(19-10(12)3)8-14-13-7-11(18)5-6-15(13)20-17(14)21/h4-8,19H,1H2,2-3H3,(H,20,21)/b14-8-. The van der Waals surface area contributed by atoms with Crippen molar-refractivity contribution < 1.29 is 9.18 Å². The highest BCUT2D eigenvalue weighted by molar-refractivity contribution is 6.34. The van der Waals surface area contributed by atoms with E-state index in [1.165, 1.54) is 12.1 Å². The average Bonchev–Trinajstić information content (AvgIpc) is 2.88. The number of benzene rings is 1. The minimum absolute atomic E-state index is 0.220.